The molecule has 2 aromatic rings. The number of hydrogen-bond donors (Lipinski definition) is 1. The highest BCUT2D eigenvalue weighted by Gasteiger charge is 2.57. The smallest absolute Gasteiger partial charge is 0.332 e. The van der Waals surface area contributed by atoms with Crippen LogP contribution in [0, 0.1) is 0 Å². The first kappa shape index (κ1) is 11.5. The van der Waals surface area contributed by atoms with E-state index in [4.69, 9.17) is 0 Å². The molecule has 0 radical (unpaired) electrons. The summed E-state index contributed by atoms with van der Waals surface area (Å²) in [4.78, 5) is 31.5. The van der Waals surface area contributed by atoms with E-state index in [1.807, 2.05) is 37.4 Å². The molecule has 102 valence electrons. The molecule has 0 unspecified atom stereocenters. The number of aromatic amines is 1. The van der Waals surface area contributed by atoms with Gasteiger partial charge in [0.05, 0.1) is 5.69 Å². The topological polar surface area (TPSA) is 56.4 Å². The van der Waals surface area contributed by atoms with Crippen LogP contribution in [0.5, 0.6) is 0 Å². The Kier molecular flexibility index (Phi) is 2.09. The largest absolute Gasteiger partial charge is 0.361 e. The molecule has 1 atom stereocenters. The second-order valence-corrected chi connectivity index (χ2v) is 5.67. The van der Waals surface area contributed by atoms with E-state index in [1.54, 1.807) is 4.90 Å². The van der Waals surface area contributed by atoms with Crippen LogP contribution in [0.25, 0.3) is 10.9 Å². The monoisotopic (exact) mass is 269 g/mol. The molecule has 20 heavy (non-hydrogen) atoms. The average Bonchev–Trinajstić information content (AvgIpc) is 3.09. The van der Waals surface area contributed by atoms with E-state index >= 15 is 0 Å². The lowest BCUT2D eigenvalue weighted by molar-refractivity contribution is -0.123. The van der Waals surface area contributed by atoms with Gasteiger partial charge in [0.1, 0.15) is 5.54 Å². The number of H-pyrrole nitrogens is 1. The van der Waals surface area contributed by atoms with E-state index in [-0.39, 0.29) is 11.9 Å². The van der Waals surface area contributed by atoms with E-state index in [1.165, 1.54) is 4.90 Å². The van der Waals surface area contributed by atoms with Gasteiger partial charge in [-0.1, -0.05) is 6.07 Å². The van der Waals surface area contributed by atoms with Crippen molar-refractivity contribution in [1.29, 1.82) is 0 Å². The van der Waals surface area contributed by atoms with Crippen LogP contribution in [0.1, 0.15) is 19.8 Å². The predicted octanol–water partition coefficient (Wildman–Crippen LogP) is 2.49. The summed E-state index contributed by atoms with van der Waals surface area (Å²) in [7, 11) is 0. The first-order valence-electron chi connectivity index (χ1n) is 6.85. The van der Waals surface area contributed by atoms with Crippen molar-refractivity contribution in [2.45, 2.75) is 25.3 Å². The summed E-state index contributed by atoms with van der Waals surface area (Å²) < 4.78 is 0. The highest BCUT2D eigenvalue weighted by Crippen LogP contribution is 2.41. The lowest BCUT2D eigenvalue weighted by Gasteiger charge is -2.22. The van der Waals surface area contributed by atoms with E-state index in [2.05, 4.69) is 4.98 Å². The minimum atomic E-state index is -0.657. The van der Waals surface area contributed by atoms with Crippen LogP contribution in [0.3, 0.4) is 0 Å². The van der Waals surface area contributed by atoms with E-state index < -0.39 is 5.54 Å². The number of imide groups is 1. The lowest BCUT2D eigenvalue weighted by atomic mass is 9.99. The fourth-order valence-electron chi connectivity index (χ4n) is 3.42. The number of benzene rings is 1. The van der Waals surface area contributed by atoms with Crippen LogP contribution in [0.2, 0.25) is 0 Å². The number of aromatic nitrogens is 1. The Morgan fingerprint density at radius 1 is 1.25 bits per heavy atom. The zero-order chi connectivity index (χ0) is 13.9. The van der Waals surface area contributed by atoms with Crippen molar-refractivity contribution in [2.24, 2.45) is 0 Å². The Bertz CT molecular complexity index is 736. The fraction of sp³-hybridized carbons (Fsp3) is 0.333. The number of nitrogens with one attached hydrogen (secondary N) is 1. The van der Waals surface area contributed by atoms with Crippen molar-refractivity contribution in [3.05, 3.63) is 30.5 Å². The molecule has 4 rings (SSSR count). The number of anilines is 1. The Labute approximate surface area is 116 Å². The summed E-state index contributed by atoms with van der Waals surface area (Å²) >= 11 is 0. The van der Waals surface area contributed by atoms with Crippen molar-refractivity contribution >= 4 is 28.5 Å². The third kappa shape index (κ3) is 1.22. The summed E-state index contributed by atoms with van der Waals surface area (Å²) in [6.07, 6.45) is 3.47. The Hall–Kier alpha value is -2.30. The molecule has 3 heterocycles. The van der Waals surface area contributed by atoms with Gasteiger partial charge in [0.25, 0.3) is 5.91 Å². The van der Waals surface area contributed by atoms with Gasteiger partial charge in [-0.2, -0.15) is 0 Å². The normalized spacial score (nSPS) is 25.9. The molecule has 2 aliphatic rings. The van der Waals surface area contributed by atoms with Gasteiger partial charge >= 0.3 is 6.03 Å². The number of carbonyl (C=O) groups excluding carboxylic acids is 2. The zero-order valence-electron chi connectivity index (χ0n) is 11.2. The standard InChI is InChI=1S/C15H15N3O2/c1-15-7-3-9-17(15)14(20)18(13(15)19)12-5-2-4-11-10(12)6-8-16-11/h2,4-6,8,16H,3,7,9H2,1H3/t15-/m0/s1. The van der Waals surface area contributed by atoms with Crippen LogP contribution >= 0.6 is 0 Å². The molecule has 3 amide bonds. The summed E-state index contributed by atoms with van der Waals surface area (Å²) in [6, 6.07) is 7.34. The summed E-state index contributed by atoms with van der Waals surface area (Å²) in [5.74, 6) is -0.103. The Balaban J connectivity index is 1.89. The molecular weight excluding hydrogens is 254 g/mol. The summed E-state index contributed by atoms with van der Waals surface area (Å²) in [5, 5.41) is 0.902. The highest BCUT2D eigenvalue weighted by molar-refractivity contribution is 6.25. The van der Waals surface area contributed by atoms with Crippen LogP contribution in [-0.2, 0) is 4.79 Å². The van der Waals surface area contributed by atoms with Crippen molar-refractivity contribution < 1.29 is 9.59 Å². The van der Waals surface area contributed by atoms with Gasteiger partial charge < -0.3 is 9.88 Å². The van der Waals surface area contributed by atoms with E-state index in [0.717, 1.165) is 23.7 Å². The van der Waals surface area contributed by atoms with Crippen molar-refractivity contribution in [3.63, 3.8) is 0 Å². The molecule has 2 saturated heterocycles. The maximum Gasteiger partial charge on any atom is 0.332 e. The lowest BCUT2D eigenvalue weighted by Crippen LogP contribution is -2.41. The minimum absolute atomic E-state index is 0.103. The molecule has 2 aliphatic heterocycles. The second kappa shape index (κ2) is 3.62. The maximum atomic E-state index is 12.7. The number of rotatable bonds is 1. The van der Waals surface area contributed by atoms with Crippen molar-refractivity contribution in [2.75, 3.05) is 11.4 Å². The van der Waals surface area contributed by atoms with Crippen molar-refractivity contribution in [1.82, 2.24) is 9.88 Å². The molecule has 2 fully saturated rings. The number of hydrogen-bond acceptors (Lipinski definition) is 2. The maximum absolute atomic E-state index is 12.7. The fourth-order valence-corrected chi connectivity index (χ4v) is 3.42. The quantitative estimate of drug-likeness (QED) is 0.809. The Morgan fingerprint density at radius 2 is 2.10 bits per heavy atom. The third-order valence-electron chi connectivity index (χ3n) is 4.54. The molecule has 5 nitrogen and oxygen atoms in total. The van der Waals surface area contributed by atoms with Gasteiger partial charge in [-0.25, -0.2) is 9.69 Å². The SMILES string of the molecule is C[C@@]12CCCN1C(=O)N(c1cccc3[nH]ccc13)C2=O. The van der Waals surface area contributed by atoms with Gasteiger partial charge in [0.15, 0.2) is 0 Å². The number of amides is 3. The van der Waals surface area contributed by atoms with Crippen LogP contribution in [-0.4, -0.2) is 33.9 Å². The number of urea groups is 1. The first-order valence-corrected chi connectivity index (χ1v) is 6.85. The molecule has 0 aliphatic carbocycles. The average molecular weight is 269 g/mol. The summed E-state index contributed by atoms with van der Waals surface area (Å²) in [6.45, 7) is 2.54. The second-order valence-electron chi connectivity index (χ2n) is 5.67. The molecule has 1 aromatic heterocycles. The Morgan fingerprint density at radius 3 is 2.90 bits per heavy atom. The molecular formula is C15H15N3O2. The van der Waals surface area contributed by atoms with Gasteiger partial charge in [-0.15, -0.1) is 0 Å². The summed E-state index contributed by atoms with van der Waals surface area (Å²) in [5.41, 5.74) is 0.949. The van der Waals surface area contributed by atoms with Crippen LogP contribution in [0.4, 0.5) is 10.5 Å². The van der Waals surface area contributed by atoms with E-state index in [9.17, 15) is 9.59 Å². The van der Waals surface area contributed by atoms with Gasteiger partial charge in [0, 0.05) is 23.6 Å². The highest BCUT2D eigenvalue weighted by atomic mass is 16.2. The van der Waals surface area contributed by atoms with Gasteiger partial charge in [-0.05, 0) is 38.0 Å². The number of nitrogens with zero attached hydrogens (tertiary/aromatic N) is 2. The predicted molar refractivity (Wildman–Crippen MR) is 75.5 cm³/mol. The molecule has 0 spiro atoms. The number of carbonyl (C=O) groups is 2. The molecule has 1 N–H and O–H groups in total. The molecule has 5 heteroatoms. The molecule has 1 aromatic carbocycles. The third-order valence-corrected chi connectivity index (χ3v) is 4.54. The van der Waals surface area contributed by atoms with E-state index in [0.29, 0.717) is 12.2 Å². The van der Waals surface area contributed by atoms with Crippen molar-refractivity contribution in [3.8, 4) is 0 Å². The molecule has 0 bridgehead atoms. The number of fused-ring (bicyclic) bond motifs is 2. The van der Waals surface area contributed by atoms with Crippen LogP contribution < -0.4 is 4.90 Å². The van der Waals surface area contributed by atoms with Gasteiger partial charge in [-0.3, -0.25) is 4.79 Å². The first-order chi connectivity index (χ1) is 9.63. The van der Waals surface area contributed by atoms with Crippen LogP contribution in [0.15, 0.2) is 30.5 Å². The minimum Gasteiger partial charge on any atom is -0.361 e. The van der Waals surface area contributed by atoms with Gasteiger partial charge in [0.2, 0.25) is 0 Å². The molecule has 0 saturated carbocycles. The zero-order valence-corrected chi connectivity index (χ0v) is 11.2.